The lowest BCUT2D eigenvalue weighted by molar-refractivity contribution is 0.0934. The van der Waals surface area contributed by atoms with Gasteiger partial charge in [0.2, 0.25) is 0 Å². The minimum atomic E-state index is -0.477. The molecule has 1 amide bonds. The van der Waals surface area contributed by atoms with Crippen molar-refractivity contribution in [2.75, 3.05) is 5.32 Å². The molecule has 3 heterocycles. The maximum atomic E-state index is 12.4. The minimum absolute atomic E-state index is 0.239. The number of aromatic nitrogens is 3. The van der Waals surface area contributed by atoms with Gasteiger partial charge in [-0.15, -0.1) is 0 Å². The number of nitrogens with zero attached hydrogens (tertiary/aromatic N) is 3. The van der Waals surface area contributed by atoms with Crippen LogP contribution >= 0.6 is 23.2 Å². The number of carbonyl (C=O) groups excluding carboxylic acids is 1. The largest absolute Gasteiger partial charge is 0.345 e. The Morgan fingerprint density at radius 2 is 2.04 bits per heavy atom. The summed E-state index contributed by atoms with van der Waals surface area (Å²) in [5.41, 5.74) is 2.65. The summed E-state index contributed by atoms with van der Waals surface area (Å²) in [5, 5.41) is 11.5. The highest BCUT2D eigenvalue weighted by Gasteiger charge is 2.28. The van der Waals surface area contributed by atoms with Crippen LogP contribution in [0.15, 0.2) is 30.5 Å². The fraction of sp³-hybridized carbons (Fsp3) is 0.133. The molecule has 1 atom stereocenters. The highest BCUT2D eigenvalue weighted by atomic mass is 35.5. The number of hydrogen-bond donors (Lipinski definition) is 2. The number of hydrogen-bond acceptors (Lipinski definition) is 4. The highest BCUT2D eigenvalue weighted by molar-refractivity contribution is 6.35. The molecule has 2 aromatic heterocycles. The Balaban J connectivity index is 1.84. The molecule has 4 rings (SSSR count). The molecule has 0 saturated heterocycles. The second-order valence-corrected chi connectivity index (χ2v) is 6.14. The van der Waals surface area contributed by atoms with Crippen LogP contribution in [0.4, 0.5) is 5.82 Å². The number of aryl methyl sites for hydroxylation is 1. The first-order chi connectivity index (χ1) is 11.0. The van der Waals surface area contributed by atoms with Crippen molar-refractivity contribution < 1.29 is 4.79 Å². The van der Waals surface area contributed by atoms with Crippen molar-refractivity contribution in [1.29, 1.82) is 0 Å². The van der Waals surface area contributed by atoms with Gasteiger partial charge in [0.1, 0.15) is 17.5 Å². The number of amides is 1. The van der Waals surface area contributed by atoms with Crippen molar-refractivity contribution in [3.05, 3.63) is 57.3 Å². The zero-order valence-electron chi connectivity index (χ0n) is 12.0. The standard InChI is InChI=1S/C15H11Cl2N5O/c1-7-4-12-18-6-10-14(22(12)21-7)19-13(20-15(10)23)9-3-2-8(16)5-11(9)17/h2-6,13,19H,1H3,(H,20,23)/t13-/m0/s1. The van der Waals surface area contributed by atoms with Gasteiger partial charge in [-0.25, -0.2) is 4.98 Å². The van der Waals surface area contributed by atoms with Crippen LogP contribution < -0.4 is 10.6 Å². The van der Waals surface area contributed by atoms with E-state index >= 15 is 0 Å². The molecule has 0 spiro atoms. The summed E-state index contributed by atoms with van der Waals surface area (Å²) < 4.78 is 1.63. The van der Waals surface area contributed by atoms with E-state index in [0.717, 1.165) is 11.3 Å². The third-order valence-electron chi connectivity index (χ3n) is 3.68. The van der Waals surface area contributed by atoms with E-state index in [9.17, 15) is 4.79 Å². The van der Waals surface area contributed by atoms with E-state index in [4.69, 9.17) is 23.2 Å². The first kappa shape index (κ1) is 14.3. The SMILES string of the molecule is Cc1cc2ncc3c(n2n1)N[C@H](c1ccc(Cl)cc1Cl)NC3=O. The summed E-state index contributed by atoms with van der Waals surface area (Å²) in [6.45, 7) is 1.87. The zero-order chi connectivity index (χ0) is 16.1. The molecular formula is C15H11Cl2N5O. The fourth-order valence-corrected chi connectivity index (χ4v) is 3.14. The second-order valence-electron chi connectivity index (χ2n) is 5.29. The molecule has 3 aromatic rings. The van der Waals surface area contributed by atoms with Gasteiger partial charge >= 0.3 is 0 Å². The Labute approximate surface area is 141 Å². The Kier molecular flexibility index (Phi) is 3.18. The molecule has 0 aliphatic carbocycles. The molecule has 2 N–H and O–H groups in total. The van der Waals surface area contributed by atoms with Crippen molar-refractivity contribution >= 4 is 40.6 Å². The number of benzene rings is 1. The van der Waals surface area contributed by atoms with Crippen LogP contribution in [0.3, 0.4) is 0 Å². The second kappa shape index (κ2) is 5.11. The summed E-state index contributed by atoms with van der Waals surface area (Å²) in [5.74, 6) is 0.347. The molecule has 116 valence electrons. The average Bonchev–Trinajstić information content (AvgIpc) is 2.88. The summed E-state index contributed by atoms with van der Waals surface area (Å²) in [6.07, 6.45) is 1.06. The molecule has 0 fully saturated rings. The number of anilines is 1. The Bertz CT molecular complexity index is 952. The van der Waals surface area contributed by atoms with Crippen molar-refractivity contribution in [3.63, 3.8) is 0 Å². The first-order valence-corrected chi connectivity index (χ1v) is 7.66. The number of rotatable bonds is 1. The van der Waals surface area contributed by atoms with Gasteiger partial charge in [0.05, 0.1) is 5.69 Å². The van der Waals surface area contributed by atoms with E-state index in [0.29, 0.717) is 27.1 Å². The van der Waals surface area contributed by atoms with Crippen LogP contribution in [0, 0.1) is 6.92 Å². The maximum Gasteiger partial charge on any atom is 0.258 e. The molecule has 0 unspecified atom stereocenters. The number of fused-ring (bicyclic) bond motifs is 3. The average molecular weight is 348 g/mol. The first-order valence-electron chi connectivity index (χ1n) is 6.90. The molecule has 1 aliphatic rings. The van der Waals surface area contributed by atoms with Crippen LogP contribution in [0.5, 0.6) is 0 Å². The van der Waals surface area contributed by atoms with Crippen molar-refractivity contribution in [1.82, 2.24) is 19.9 Å². The fourth-order valence-electron chi connectivity index (χ4n) is 2.63. The molecule has 1 aromatic carbocycles. The van der Waals surface area contributed by atoms with Gasteiger partial charge in [0.25, 0.3) is 5.91 Å². The Morgan fingerprint density at radius 3 is 2.83 bits per heavy atom. The number of nitrogens with one attached hydrogen (secondary N) is 2. The summed E-state index contributed by atoms with van der Waals surface area (Å²) in [6, 6.07) is 6.99. The van der Waals surface area contributed by atoms with E-state index in [-0.39, 0.29) is 5.91 Å². The molecule has 6 nitrogen and oxygen atoms in total. The smallest absolute Gasteiger partial charge is 0.258 e. The Morgan fingerprint density at radius 1 is 1.22 bits per heavy atom. The molecule has 23 heavy (non-hydrogen) atoms. The van der Waals surface area contributed by atoms with E-state index in [1.807, 2.05) is 13.0 Å². The van der Waals surface area contributed by atoms with Gasteiger partial charge in [-0.1, -0.05) is 29.3 Å². The summed E-state index contributed by atoms with van der Waals surface area (Å²) in [4.78, 5) is 16.6. The lowest BCUT2D eigenvalue weighted by Gasteiger charge is -2.28. The van der Waals surface area contributed by atoms with E-state index in [2.05, 4.69) is 20.7 Å². The van der Waals surface area contributed by atoms with Gasteiger partial charge in [-0.05, 0) is 19.1 Å². The quantitative estimate of drug-likeness (QED) is 0.709. The van der Waals surface area contributed by atoms with Crippen LogP contribution in [0.25, 0.3) is 5.65 Å². The van der Waals surface area contributed by atoms with Crippen molar-refractivity contribution in [2.24, 2.45) is 0 Å². The van der Waals surface area contributed by atoms with Crippen molar-refractivity contribution in [3.8, 4) is 0 Å². The lowest BCUT2D eigenvalue weighted by Crippen LogP contribution is -2.39. The molecule has 8 heteroatoms. The van der Waals surface area contributed by atoms with Gasteiger partial charge in [0.15, 0.2) is 5.65 Å². The van der Waals surface area contributed by atoms with Crippen LogP contribution in [-0.2, 0) is 0 Å². The highest BCUT2D eigenvalue weighted by Crippen LogP contribution is 2.31. The van der Waals surface area contributed by atoms with Gasteiger partial charge in [0, 0.05) is 27.9 Å². The molecule has 0 bridgehead atoms. The molecule has 1 aliphatic heterocycles. The van der Waals surface area contributed by atoms with Crippen molar-refractivity contribution in [2.45, 2.75) is 13.1 Å². The predicted molar refractivity (Wildman–Crippen MR) is 88.0 cm³/mol. The molecule has 0 radical (unpaired) electrons. The van der Waals surface area contributed by atoms with Crippen LogP contribution in [-0.4, -0.2) is 20.5 Å². The lowest BCUT2D eigenvalue weighted by atomic mass is 10.1. The molecule has 0 saturated carbocycles. The summed E-state index contributed by atoms with van der Waals surface area (Å²) >= 11 is 12.2. The predicted octanol–water partition coefficient (Wildman–Crippen LogP) is 3.20. The Hall–Kier alpha value is -2.31. The minimum Gasteiger partial charge on any atom is -0.345 e. The third-order valence-corrected chi connectivity index (χ3v) is 4.24. The number of carbonyl (C=O) groups is 1. The van der Waals surface area contributed by atoms with Crippen LogP contribution in [0.1, 0.15) is 27.8 Å². The summed E-state index contributed by atoms with van der Waals surface area (Å²) in [7, 11) is 0. The van der Waals surface area contributed by atoms with Gasteiger partial charge < -0.3 is 10.6 Å². The number of halogens is 2. The van der Waals surface area contributed by atoms with E-state index in [1.165, 1.54) is 6.20 Å². The normalized spacial score (nSPS) is 16.8. The van der Waals surface area contributed by atoms with Gasteiger partial charge in [-0.2, -0.15) is 9.61 Å². The third kappa shape index (κ3) is 2.31. The maximum absolute atomic E-state index is 12.4. The van der Waals surface area contributed by atoms with E-state index < -0.39 is 6.17 Å². The zero-order valence-corrected chi connectivity index (χ0v) is 13.5. The van der Waals surface area contributed by atoms with E-state index in [1.54, 1.807) is 22.7 Å². The monoisotopic (exact) mass is 347 g/mol. The topological polar surface area (TPSA) is 71.3 Å². The molecular weight excluding hydrogens is 337 g/mol. The van der Waals surface area contributed by atoms with Crippen LogP contribution in [0.2, 0.25) is 10.0 Å². The van der Waals surface area contributed by atoms with Gasteiger partial charge in [-0.3, -0.25) is 4.79 Å².